The minimum absolute atomic E-state index is 0.182. The number of ether oxygens (including phenoxy) is 2. The number of benzene rings is 3. The van der Waals surface area contributed by atoms with Gasteiger partial charge in [0.25, 0.3) is 0 Å². The van der Waals surface area contributed by atoms with Gasteiger partial charge in [0.05, 0.1) is 16.6 Å². The molecule has 1 aromatic heterocycles. The standard InChI is InChI=1S/C28H24ClIN2O3/c1-2-6-25(33)35-24-16-28(24,26-22-15-20(30)11-14-23(22)31-27(29)32-26)19-9-12-21(13-10-19)34-17-18-7-4-3-5-8-18/h3-5,7-15,24H,2,6,16-17H2,1H3. The molecule has 5 rings (SSSR count). The zero-order chi connectivity index (χ0) is 24.4. The van der Waals surface area contributed by atoms with Gasteiger partial charge in [-0.1, -0.05) is 49.4 Å². The summed E-state index contributed by atoms with van der Waals surface area (Å²) in [4.78, 5) is 21.5. The number of hydrogen-bond acceptors (Lipinski definition) is 5. The number of esters is 1. The Bertz CT molecular complexity index is 1360. The maximum absolute atomic E-state index is 12.4. The molecule has 0 amide bonds. The van der Waals surface area contributed by atoms with E-state index in [4.69, 9.17) is 21.1 Å². The van der Waals surface area contributed by atoms with E-state index in [1.165, 1.54) is 0 Å². The third kappa shape index (κ3) is 5.00. The lowest BCUT2D eigenvalue weighted by molar-refractivity contribution is -0.145. The molecule has 1 heterocycles. The van der Waals surface area contributed by atoms with Gasteiger partial charge in [0, 0.05) is 21.8 Å². The summed E-state index contributed by atoms with van der Waals surface area (Å²) in [6, 6.07) is 24.0. The Hall–Kier alpha value is -2.71. The van der Waals surface area contributed by atoms with Crippen molar-refractivity contribution in [2.45, 2.75) is 44.3 Å². The fourth-order valence-electron chi connectivity index (χ4n) is 4.49. The van der Waals surface area contributed by atoms with Gasteiger partial charge in [0.15, 0.2) is 0 Å². The number of halogens is 2. The predicted octanol–water partition coefficient (Wildman–Crippen LogP) is 6.87. The monoisotopic (exact) mass is 598 g/mol. The first-order valence-corrected chi connectivity index (χ1v) is 13.1. The smallest absolute Gasteiger partial charge is 0.306 e. The average molecular weight is 599 g/mol. The molecular formula is C28H24ClIN2O3. The number of nitrogens with zero attached hydrogens (tertiary/aromatic N) is 2. The number of carbonyl (C=O) groups is 1. The van der Waals surface area contributed by atoms with Crippen LogP contribution in [-0.2, 0) is 21.6 Å². The first-order chi connectivity index (χ1) is 17.0. The summed E-state index contributed by atoms with van der Waals surface area (Å²) in [5.74, 6) is 0.578. The fourth-order valence-corrected chi connectivity index (χ4v) is 5.16. The van der Waals surface area contributed by atoms with Crippen molar-refractivity contribution in [2.24, 2.45) is 0 Å². The molecule has 1 saturated carbocycles. The highest BCUT2D eigenvalue weighted by atomic mass is 127. The second-order valence-electron chi connectivity index (χ2n) is 8.71. The van der Waals surface area contributed by atoms with Crippen molar-refractivity contribution < 1.29 is 14.3 Å². The van der Waals surface area contributed by atoms with Crippen molar-refractivity contribution in [3.8, 4) is 5.75 Å². The summed E-state index contributed by atoms with van der Waals surface area (Å²) in [6.45, 7) is 2.46. The number of carbonyl (C=O) groups excluding carboxylic acids is 1. The van der Waals surface area contributed by atoms with E-state index in [0.29, 0.717) is 19.4 Å². The number of rotatable bonds is 8. The Morgan fingerprint density at radius 2 is 1.86 bits per heavy atom. The van der Waals surface area contributed by atoms with Crippen LogP contribution in [0, 0.1) is 3.57 Å². The Kier molecular flexibility index (Phi) is 6.93. The Labute approximate surface area is 223 Å². The van der Waals surface area contributed by atoms with Gasteiger partial charge in [-0.05, 0) is 82.1 Å². The van der Waals surface area contributed by atoms with Gasteiger partial charge in [-0.3, -0.25) is 4.79 Å². The van der Waals surface area contributed by atoms with Crippen molar-refractivity contribution in [2.75, 3.05) is 0 Å². The summed E-state index contributed by atoms with van der Waals surface area (Å²) in [5, 5.41) is 1.10. The van der Waals surface area contributed by atoms with Crippen molar-refractivity contribution in [3.05, 3.63) is 98.5 Å². The van der Waals surface area contributed by atoms with Crippen LogP contribution in [-0.4, -0.2) is 22.0 Å². The van der Waals surface area contributed by atoms with Gasteiger partial charge in [-0.25, -0.2) is 9.97 Å². The predicted molar refractivity (Wildman–Crippen MR) is 145 cm³/mol. The molecule has 1 fully saturated rings. The molecule has 0 saturated heterocycles. The summed E-state index contributed by atoms with van der Waals surface area (Å²) < 4.78 is 13.0. The van der Waals surface area contributed by atoms with E-state index in [2.05, 4.69) is 38.6 Å². The van der Waals surface area contributed by atoms with Crippen LogP contribution in [0.2, 0.25) is 5.28 Å². The molecule has 178 valence electrons. The van der Waals surface area contributed by atoms with Gasteiger partial charge in [0.2, 0.25) is 5.28 Å². The Morgan fingerprint density at radius 1 is 1.09 bits per heavy atom. The SMILES string of the molecule is CCCC(=O)OC1CC1(c1ccc(OCc2ccccc2)cc1)c1nc(Cl)nc2ccc(I)cc12. The molecule has 3 aromatic carbocycles. The zero-order valence-electron chi connectivity index (χ0n) is 19.2. The number of hydrogen-bond donors (Lipinski definition) is 0. The zero-order valence-corrected chi connectivity index (χ0v) is 22.1. The lowest BCUT2D eigenvalue weighted by Crippen LogP contribution is -2.21. The van der Waals surface area contributed by atoms with Crippen LogP contribution in [0.15, 0.2) is 72.8 Å². The normalized spacial score (nSPS) is 18.9. The molecule has 0 radical (unpaired) electrons. The third-order valence-electron chi connectivity index (χ3n) is 6.30. The molecule has 0 bridgehead atoms. The van der Waals surface area contributed by atoms with Crippen LogP contribution < -0.4 is 4.74 Å². The van der Waals surface area contributed by atoms with Crippen molar-refractivity contribution >= 4 is 51.1 Å². The van der Waals surface area contributed by atoms with Crippen LogP contribution in [0.5, 0.6) is 5.75 Å². The lowest BCUT2D eigenvalue weighted by Gasteiger charge is -2.20. The van der Waals surface area contributed by atoms with E-state index in [1.807, 2.05) is 73.7 Å². The molecule has 4 aromatic rings. The van der Waals surface area contributed by atoms with Crippen LogP contribution in [0.3, 0.4) is 0 Å². The topological polar surface area (TPSA) is 61.3 Å². The minimum atomic E-state index is -0.587. The molecule has 35 heavy (non-hydrogen) atoms. The molecular weight excluding hydrogens is 575 g/mol. The van der Waals surface area contributed by atoms with Crippen LogP contribution >= 0.6 is 34.2 Å². The molecule has 2 atom stereocenters. The highest BCUT2D eigenvalue weighted by molar-refractivity contribution is 14.1. The molecule has 0 N–H and O–H groups in total. The molecule has 7 heteroatoms. The first-order valence-electron chi connectivity index (χ1n) is 11.6. The second kappa shape index (κ2) is 10.1. The minimum Gasteiger partial charge on any atom is -0.489 e. The van der Waals surface area contributed by atoms with Crippen LogP contribution in [0.1, 0.15) is 43.0 Å². The summed E-state index contributed by atoms with van der Waals surface area (Å²) >= 11 is 8.64. The van der Waals surface area contributed by atoms with Gasteiger partial charge >= 0.3 is 5.97 Å². The van der Waals surface area contributed by atoms with Crippen molar-refractivity contribution in [3.63, 3.8) is 0 Å². The Balaban J connectivity index is 1.51. The highest BCUT2D eigenvalue weighted by Crippen LogP contribution is 2.56. The van der Waals surface area contributed by atoms with E-state index in [9.17, 15) is 4.79 Å². The third-order valence-corrected chi connectivity index (χ3v) is 7.14. The molecule has 1 aliphatic rings. The van der Waals surface area contributed by atoms with Gasteiger partial charge in [-0.2, -0.15) is 0 Å². The van der Waals surface area contributed by atoms with E-state index < -0.39 is 5.41 Å². The molecule has 2 unspecified atom stereocenters. The first kappa shape index (κ1) is 24.0. The maximum atomic E-state index is 12.4. The Morgan fingerprint density at radius 3 is 2.60 bits per heavy atom. The summed E-state index contributed by atoms with van der Waals surface area (Å²) in [7, 11) is 0. The number of fused-ring (bicyclic) bond motifs is 1. The highest BCUT2D eigenvalue weighted by Gasteiger charge is 2.61. The van der Waals surface area contributed by atoms with E-state index in [-0.39, 0.29) is 17.4 Å². The van der Waals surface area contributed by atoms with Crippen LogP contribution in [0.25, 0.3) is 10.9 Å². The lowest BCUT2D eigenvalue weighted by atomic mass is 9.89. The van der Waals surface area contributed by atoms with Gasteiger partial charge in [-0.15, -0.1) is 0 Å². The van der Waals surface area contributed by atoms with E-state index >= 15 is 0 Å². The summed E-state index contributed by atoms with van der Waals surface area (Å²) in [6.07, 6.45) is 1.46. The molecule has 1 aliphatic carbocycles. The van der Waals surface area contributed by atoms with E-state index in [0.717, 1.165) is 43.5 Å². The van der Waals surface area contributed by atoms with Crippen molar-refractivity contribution in [1.82, 2.24) is 9.97 Å². The number of aromatic nitrogens is 2. The van der Waals surface area contributed by atoms with Gasteiger partial charge in [0.1, 0.15) is 18.5 Å². The van der Waals surface area contributed by atoms with Crippen LogP contribution in [0.4, 0.5) is 0 Å². The molecule has 0 spiro atoms. The quantitative estimate of drug-likeness (QED) is 0.126. The van der Waals surface area contributed by atoms with E-state index in [1.54, 1.807) is 0 Å². The maximum Gasteiger partial charge on any atom is 0.306 e. The van der Waals surface area contributed by atoms with Crippen molar-refractivity contribution in [1.29, 1.82) is 0 Å². The molecule has 5 nitrogen and oxygen atoms in total. The summed E-state index contributed by atoms with van der Waals surface area (Å²) in [5.41, 5.74) is 3.09. The fraction of sp³-hybridized carbons (Fsp3) is 0.250. The van der Waals surface area contributed by atoms with Gasteiger partial charge < -0.3 is 9.47 Å². The average Bonchev–Trinajstić information content (AvgIpc) is 3.58. The molecule has 0 aliphatic heterocycles. The largest absolute Gasteiger partial charge is 0.489 e. The second-order valence-corrected chi connectivity index (χ2v) is 10.3.